The van der Waals surface area contributed by atoms with Gasteiger partial charge >= 0.3 is 0 Å². The number of nitrogens with two attached hydrogens (primary N) is 1. The van der Waals surface area contributed by atoms with E-state index in [1.165, 1.54) is 0 Å². The maximum Gasteiger partial charge on any atom is 0.0949 e. The molecule has 4 nitrogen and oxygen atoms in total. The number of rotatable bonds is 7. The van der Waals surface area contributed by atoms with Gasteiger partial charge in [-0.1, -0.05) is 20.8 Å². The molecule has 1 atom stereocenters. The molecule has 0 aromatic carbocycles. The van der Waals surface area contributed by atoms with Crippen LogP contribution in [0.4, 0.5) is 0 Å². The van der Waals surface area contributed by atoms with Crippen molar-refractivity contribution in [2.45, 2.75) is 39.8 Å². The lowest BCUT2D eigenvalue weighted by molar-refractivity contribution is 0.102. The van der Waals surface area contributed by atoms with E-state index in [0.29, 0.717) is 5.92 Å². The summed E-state index contributed by atoms with van der Waals surface area (Å²) in [4.78, 5) is 4.13. The highest BCUT2D eigenvalue weighted by Gasteiger charge is 2.08. The second-order valence-electron chi connectivity index (χ2n) is 4.50. The summed E-state index contributed by atoms with van der Waals surface area (Å²) in [6, 6.07) is 0.0765. The third kappa shape index (κ3) is 3.94. The average molecular weight is 225 g/mol. The first-order chi connectivity index (χ1) is 7.65. The van der Waals surface area contributed by atoms with Crippen molar-refractivity contribution >= 4 is 0 Å². The molecule has 92 valence electrons. The normalized spacial score (nSPS) is 13.3. The molecule has 0 unspecified atom stereocenters. The van der Waals surface area contributed by atoms with Gasteiger partial charge < -0.3 is 15.0 Å². The smallest absolute Gasteiger partial charge is 0.0949 e. The fourth-order valence-electron chi connectivity index (χ4n) is 1.52. The molecule has 0 aliphatic rings. The van der Waals surface area contributed by atoms with E-state index in [1.54, 1.807) is 0 Å². The van der Waals surface area contributed by atoms with E-state index in [2.05, 4.69) is 30.3 Å². The highest BCUT2D eigenvalue weighted by molar-refractivity contribution is 5.04. The number of hydrogen-bond acceptors (Lipinski definition) is 3. The summed E-state index contributed by atoms with van der Waals surface area (Å²) in [5.41, 5.74) is 7.08. The van der Waals surface area contributed by atoms with E-state index in [0.717, 1.165) is 31.9 Å². The molecule has 1 aromatic heterocycles. The summed E-state index contributed by atoms with van der Waals surface area (Å²) in [5.74, 6) is 0.583. The van der Waals surface area contributed by atoms with E-state index in [-0.39, 0.29) is 6.04 Å². The van der Waals surface area contributed by atoms with Crippen LogP contribution in [0.2, 0.25) is 0 Å². The minimum Gasteiger partial charge on any atom is -0.379 e. The Kier molecular flexibility index (Phi) is 5.49. The molecule has 0 saturated carbocycles. The van der Waals surface area contributed by atoms with Crippen molar-refractivity contribution in [1.82, 2.24) is 9.55 Å². The van der Waals surface area contributed by atoms with Crippen molar-refractivity contribution in [2.24, 2.45) is 11.7 Å². The van der Waals surface area contributed by atoms with Crippen LogP contribution in [0.25, 0.3) is 0 Å². The number of hydrogen-bond donors (Lipinski definition) is 1. The number of aromatic nitrogens is 2. The number of imidazole rings is 1. The van der Waals surface area contributed by atoms with Crippen molar-refractivity contribution in [3.8, 4) is 0 Å². The summed E-state index contributed by atoms with van der Waals surface area (Å²) in [6.45, 7) is 8.74. The lowest BCUT2D eigenvalue weighted by Gasteiger charge is -2.13. The number of ether oxygens (including phenoxy) is 1. The largest absolute Gasteiger partial charge is 0.379 e. The van der Waals surface area contributed by atoms with Crippen molar-refractivity contribution in [3.63, 3.8) is 0 Å². The summed E-state index contributed by atoms with van der Waals surface area (Å²) < 4.78 is 7.63. The van der Waals surface area contributed by atoms with Crippen molar-refractivity contribution in [1.29, 1.82) is 0 Å². The molecule has 1 heterocycles. The Morgan fingerprint density at radius 3 is 2.88 bits per heavy atom. The summed E-state index contributed by atoms with van der Waals surface area (Å²) in [6.07, 6.45) is 4.60. The van der Waals surface area contributed by atoms with Crippen molar-refractivity contribution in [2.75, 3.05) is 13.2 Å². The van der Waals surface area contributed by atoms with Crippen LogP contribution in [0.3, 0.4) is 0 Å². The predicted molar refractivity (Wildman–Crippen MR) is 65.1 cm³/mol. The van der Waals surface area contributed by atoms with Gasteiger partial charge in [0.05, 0.1) is 18.6 Å². The Hall–Kier alpha value is -0.870. The lowest BCUT2D eigenvalue weighted by Crippen LogP contribution is -2.16. The Balaban J connectivity index is 2.39. The van der Waals surface area contributed by atoms with Crippen molar-refractivity contribution < 1.29 is 4.74 Å². The predicted octanol–water partition coefficient (Wildman–Crippen LogP) is 1.97. The highest BCUT2D eigenvalue weighted by atomic mass is 16.5. The second kappa shape index (κ2) is 6.66. The van der Waals surface area contributed by atoms with Gasteiger partial charge in [-0.15, -0.1) is 0 Å². The molecule has 16 heavy (non-hydrogen) atoms. The monoisotopic (exact) mass is 225 g/mol. The first kappa shape index (κ1) is 13.2. The molecule has 0 bridgehead atoms. The molecule has 1 rings (SSSR count). The zero-order valence-electron chi connectivity index (χ0n) is 10.5. The molecule has 0 aliphatic carbocycles. The molecule has 1 aromatic rings. The van der Waals surface area contributed by atoms with E-state index in [4.69, 9.17) is 10.5 Å². The van der Waals surface area contributed by atoms with Gasteiger partial charge in [-0.3, -0.25) is 0 Å². The molecule has 0 aliphatic heterocycles. The van der Waals surface area contributed by atoms with Crippen molar-refractivity contribution in [3.05, 3.63) is 18.2 Å². The molecule has 4 heteroatoms. The topological polar surface area (TPSA) is 53.1 Å². The summed E-state index contributed by atoms with van der Waals surface area (Å²) in [5, 5.41) is 0. The minimum absolute atomic E-state index is 0.0765. The summed E-state index contributed by atoms with van der Waals surface area (Å²) >= 11 is 0. The van der Waals surface area contributed by atoms with Crippen LogP contribution in [0.1, 0.15) is 38.9 Å². The molecular weight excluding hydrogens is 202 g/mol. The SMILES string of the molecule is CC[C@@H](N)c1cncn1CCOCC(C)C. The third-order valence-corrected chi connectivity index (χ3v) is 2.49. The molecule has 0 fully saturated rings. The Morgan fingerprint density at radius 1 is 1.50 bits per heavy atom. The van der Waals surface area contributed by atoms with Gasteiger partial charge in [-0.25, -0.2) is 4.98 Å². The van der Waals surface area contributed by atoms with E-state index in [9.17, 15) is 0 Å². The fraction of sp³-hybridized carbons (Fsp3) is 0.750. The van der Waals surface area contributed by atoms with Gasteiger partial charge in [0.25, 0.3) is 0 Å². The third-order valence-electron chi connectivity index (χ3n) is 2.49. The first-order valence-corrected chi connectivity index (χ1v) is 5.98. The van der Waals surface area contributed by atoms with Crippen LogP contribution in [-0.4, -0.2) is 22.8 Å². The Morgan fingerprint density at radius 2 is 2.25 bits per heavy atom. The molecular formula is C12H23N3O. The van der Waals surface area contributed by atoms with E-state index in [1.807, 2.05) is 12.5 Å². The Labute approximate surface area is 97.8 Å². The van der Waals surface area contributed by atoms with Gasteiger partial charge in [0.1, 0.15) is 0 Å². The van der Waals surface area contributed by atoms with Crippen LogP contribution < -0.4 is 5.73 Å². The fourth-order valence-corrected chi connectivity index (χ4v) is 1.52. The highest BCUT2D eigenvalue weighted by Crippen LogP contribution is 2.12. The standard InChI is InChI=1S/C12H23N3O/c1-4-11(13)12-7-14-9-15(12)5-6-16-8-10(2)3/h7,9-11H,4-6,8,13H2,1-3H3/t11-/m1/s1. The van der Waals surface area contributed by atoms with E-state index < -0.39 is 0 Å². The van der Waals surface area contributed by atoms with Gasteiger partial charge in [-0.2, -0.15) is 0 Å². The van der Waals surface area contributed by atoms with Crippen LogP contribution >= 0.6 is 0 Å². The average Bonchev–Trinajstić information content (AvgIpc) is 2.71. The zero-order valence-corrected chi connectivity index (χ0v) is 10.5. The number of nitrogens with zero attached hydrogens (tertiary/aromatic N) is 2. The van der Waals surface area contributed by atoms with Crippen LogP contribution in [0.15, 0.2) is 12.5 Å². The lowest BCUT2D eigenvalue weighted by atomic mass is 10.2. The molecule has 2 N–H and O–H groups in total. The molecule has 0 amide bonds. The van der Waals surface area contributed by atoms with Crippen LogP contribution in [0, 0.1) is 5.92 Å². The maximum absolute atomic E-state index is 5.99. The minimum atomic E-state index is 0.0765. The second-order valence-corrected chi connectivity index (χ2v) is 4.50. The molecule has 0 saturated heterocycles. The quantitative estimate of drug-likeness (QED) is 0.722. The maximum atomic E-state index is 5.99. The Bertz CT molecular complexity index is 296. The van der Waals surface area contributed by atoms with Gasteiger partial charge in [-0.05, 0) is 12.3 Å². The van der Waals surface area contributed by atoms with Gasteiger partial charge in [0.2, 0.25) is 0 Å². The van der Waals surface area contributed by atoms with Crippen LogP contribution in [0.5, 0.6) is 0 Å². The summed E-state index contributed by atoms with van der Waals surface area (Å²) in [7, 11) is 0. The zero-order chi connectivity index (χ0) is 12.0. The van der Waals surface area contributed by atoms with Crippen LogP contribution in [-0.2, 0) is 11.3 Å². The van der Waals surface area contributed by atoms with Gasteiger partial charge in [0, 0.05) is 25.4 Å². The first-order valence-electron chi connectivity index (χ1n) is 5.98. The molecule has 0 radical (unpaired) electrons. The molecule has 0 spiro atoms. The van der Waals surface area contributed by atoms with Gasteiger partial charge in [0.15, 0.2) is 0 Å². The van der Waals surface area contributed by atoms with E-state index >= 15 is 0 Å².